The Morgan fingerprint density at radius 1 is 0.298 bits per heavy atom. The molecule has 9 aromatic carbocycles. The normalized spacial score (nSPS) is 13.0. The summed E-state index contributed by atoms with van der Waals surface area (Å²) in [7, 11) is 0. The van der Waals surface area contributed by atoms with Crippen LogP contribution in [0.1, 0.15) is 22.3 Å². The molecule has 2 heteroatoms. The van der Waals surface area contributed by atoms with E-state index >= 15 is 0 Å². The highest BCUT2D eigenvalue weighted by Crippen LogP contribution is 2.63. The van der Waals surface area contributed by atoms with E-state index in [0.29, 0.717) is 0 Å². The van der Waals surface area contributed by atoms with Crippen molar-refractivity contribution in [3.05, 3.63) is 253 Å². The minimum atomic E-state index is -0.477. The molecule has 1 aliphatic heterocycles. The van der Waals surface area contributed by atoms with E-state index in [2.05, 4.69) is 240 Å². The maximum Gasteiger partial charge on any atom is 0.0754 e. The van der Waals surface area contributed by atoms with Gasteiger partial charge in [-0.2, -0.15) is 0 Å². The second-order valence-corrected chi connectivity index (χ2v) is 14.9. The van der Waals surface area contributed by atoms with Gasteiger partial charge in [-0.05, 0) is 122 Å². The Morgan fingerprint density at radius 3 is 1.28 bits per heavy atom. The lowest BCUT2D eigenvalue weighted by molar-refractivity contribution is 0.753. The maximum absolute atomic E-state index is 2.46. The predicted molar refractivity (Wildman–Crippen MR) is 238 cm³/mol. The summed E-state index contributed by atoms with van der Waals surface area (Å²) in [6, 6.07) is 84.0. The van der Waals surface area contributed by atoms with Gasteiger partial charge in [0, 0.05) is 22.7 Å². The fourth-order valence-electron chi connectivity index (χ4n) is 9.40. The van der Waals surface area contributed by atoms with Crippen molar-refractivity contribution in [3.63, 3.8) is 0 Å². The zero-order valence-corrected chi connectivity index (χ0v) is 31.3. The Morgan fingerprint density at radius 2 is 0.702 bits per heavy atom. The van der Waals surface area contributed by atoms with Gasteiger partial charge in [0.05, 0.1) is 16.8 Å². The molecular formula is C55H38N2. The van der Waals surface area contributed by atoms with Gasteiger partial charge in [0.1, 0.15) is 0 Å². The second kappa shape index (κ2) is 13.4. The zero-order valence-electron chi connectivity index (χ0n) is 31.3. The number of nitrogens with zero attached hydrogens (tertiary/aromatic N) is 2. The molecule has 1 aliphatic carbocycles. The largest absolute Gasteiger partial charge is 0.311 e. The van der Waals surface area contributed by atoms with Crippen molar-refractivity contribution >= 4 is 34.1 Å². The fraction of sp³-hybridized carbons (Fsp3) is 0.0182. The smallest absolute Gasteiger partial charge is 0.0754 e. The van der Waals surface area contributed by atoms with Crippen LogP contribution in [0.4, 0.5) is 34.1 Å². The summed E-state index contributed by atoms with van der Waals surface area (Å²) < 4.78 is 0. The van der Waals surface area contributed by atoms with E-state index in [1.807, 2.05) is 0 Å². The van der Waals surface area contributed by atoms with Crippen molar-refractivity contribution in [2.24, 2.45) is 0 Å². The van der Waals surface area contributed by atoms with E-state index in [1.165, 1.54) is 67.0 Å². The predicted octanol–water partition coefficient (Wildman–Crippen LogP) is 14.6. The van der Waals surface area contributed by atoms with Crippen molar-refractivity contribution in [2.75, 3.05) is 9.80 Å². The van der Waals surface area contributed by atoms with Crippen LogP contribution >= 0.6 is 0 Å². The fourth-order valence-corrected chi connectivity index (χ4v) is 9.40. The van der Waals surface area contributed by atoms with E-state index in [0.717, 1.165) is 22.7 Å². The van der Waals surface area contributed by atoms with Crippen LogP contribution in [0.2, 0.25) is 0 Å². The van der Waals surface area contributed by atoms with Gasteiger partial charge >= 0.3 is 0 Å². The molecule has 0 amide bonds. The zero-order chi connectivity index (χ0) is 37.8. The van der Waals surface area contributed by atoms with Crippen LogP contribution in [0.5, 0.6) is 0 Å². The molecule has 0 bridgehead atoms. The van der Waals surface area contributed by atoms with Crippen molar-refractivity contribution < 1.29 is 0 Å². The van der Waals surface area contributed by atoms with Crippen LogP contribution in [0.15, 0.2) is 231 Å². The van der Waals surface area contributed by atoms with E-state index in [4.69, 9.17) is 0 Å². The first-order valence-corrected chi connectivity index (χ1v) is 19.7. The molecule has 57 heavy (non-hydrogen) atoms. The summed E-state index contributed by atoms with van der Waals surface area (Å²) >= 11 is 0. The van der Waals surface area contributed by atoms with Gasteiger partial charge in [0.25, 0.3) is 0 Å². The SMILES string of the molecule is c1ccc(N(c2ccccc2)c2ccc(-c3ccc(-c4ccc5c(c4)C4(c6ccccc6-5)c5ccccc5N(c5ccccc5)c5ccccc54)cc3)cc2)cc1. The lowest BCUT2D eigenvalue weighted by atomic mass is 9.64. The van der Waals surface area contributed by atoms with Crippen molar-refractivity contribution in [2.45, 2.75) is 5.41 Å². The Kier molecular flexibility index (Phi) is 7.75. The molecule has 0 fully saturated rings. The second-order valence-electron chi connectivity index (χ2n) is 14.9. The number of rotatable bonds is 6. The highest BCUT2D eigenvalue weighted by atomic mass is 15.2. The molecular weight excluding hydrogens is 689 g/mol. The summed E-state index contributed by atoms with van der Waals surface area (Å²) in [6.45, 7) is 0. The summed E-state index contributed by atoms with van der Waals surface area (Å²) in [4.78, 5) is 4.74. The van der Waals surface area contributed by atoms with Crippen molar-refractivity contribution in [3.8, 4) is 33.4 Å². The van der Waals surface area contributed by atoms with Gasteiger partial charge in [-0.1, -0.05) is 164 Å². The summed E-state index contributed by atoms with van der Waals surface area (Å²) in [5, 5.41) is 0. The van der Waals surface area contributed by atoms with E-state index < -0.39 is 5.41 Å². The average molecular weight is 727 g/mol. The minimum absolute atomic E-state index is 0.477. The monoisotopic (exact) mass is 726 g/mol. The summed E-state index contributed by atoms with van der Waals surface area (Å²) in [5.41, 5.74) is 19.1. The van der Waals surface area contributed by atoms with E-state index in [1.54, 1.807) is 0 Å². The third kappa shape index (κ3) is 5.18. The number of para-hydroxylation sites is 5. The molecule has 9 aromatic rings. The standard InChI is InChI=1S/C55H38N2/c1-4-16-43(17-5-1)56(44-18-6-2-7-19-44)46-35-32-40(33-36-46)39-28-30-41(31-29-39)42-34-37-48-47-22-10-11-23-49(47)55(52(48)38-42)50-24-12-14-26-53(50)57(45-20-8-3-9-21-45)54-27-15-13-25-51(54)55/h1-38H. The lowest BCUT2D eigenvalue weighted by Crippen LogP contribution is -2.36. The van der Waals surface area contributed by atoms with E-state index in [9.17, 15) is 0 Å². The number of fused-ring (bicyclic) bond motifs is 9. The minimum Gasteiger partial charge on any atom is -0.311 e. The highest BCUT2D eigenvalue weighted by molar-refractivity contribution is 5.96. The quantitative estimate of drug-likeness (QED) is 0.168. The molecule has 2 nitrogen and oxygen atoms in total. The number of hydrogen-bond acceptors (Lipinski definition) is 2. The van der Waals surface area contributed by atoms with Crippen LogP contribution in [0.25, 0.3) is 33.4 Å². The first-order chi connectivity index (χ1) is 28.3. The molecule has 2 aliphatic rings. The van der Waals surface area contributed by atoms with Gasteiger partial charge in [-0.3, -0.25) is 0 Å². The number of anilines is 6. The Labute approximate surface area is 334 Å². The first kappa shape index (κ1) is 33.0. The molecule has 0 atom stereocenters. The average Bonchev–Trinajstić information content (AvgIpc) is 3.58. The summed E-state index contributed by atoms with van der Waals surface area (Å²) in [5.74, 6) is 0. The molecule has 0 saturated carbocycles. The van der Waals surface area contributed by atoms with Gasteiger partial charge in [0.15, 0.2) is 0 Å². The molecule has 0 radical (unpaired) electrons. The maximum atomic E-state index is 2.46. The molecule has 1 spiro atoms. The Balaban J connectivity index is 0.998. The third-order valence-corrected chi connectivity index (χ3v) is 11.9. The molecule has 0 aromatic heterocycles. The van der Waals surface area contributed by atoms with Crippen LogP contribution in [-0.4, -0.2) is 0 Å². The molecule has 268 valence electrons. The van der Waals surface area contributed by atoms with Crippen molar-refractivity contribution in [1.29, 1.82) is 0 Å². The van der Waals surface area contributed by atoms with Crippen LogP contribution in [-0.2, 0) is 5.41 Å². The highest BCUT2D eigenvalue weighted by Gasteiger charge is 2.51. The van der Waals surface area contributed by atoms with Crippen molar-refractivity contribution in [1.82, 2.24) is 0 Å². The lowest BCUT2D eigenvalue weighted by Gasteiger charge is -2.45. The molecule has 0 N–H and O–H groups in total. The number of benzene rings is 9. The molecule has 0 unspecified atom stereocenters. The Bertz CT molecular complexity index is 2790. The molecule has 0 saturated heterocycles. The Hall–Kier alpha value is -7.42. The van der Waals surface area contributed by atoms with Crippen LogP contribution < -0.4 is 9.80 Å². The third-order valence-electron chi connectivity index (χ3n) is 11.9. The molecule has 1 heterocycles. The van der Waals surface area contributed by atoms with Crippen LogP contribution in [0, 0.1) is 0 Å². The van der Waals surface area contributed by atoms with Gasteiger partial charge in [-0.25, -0.2) is 0 Å². The molecule has 11 rings (SSSR count). The van der Waals surface area contributed by atoms with Gasteiger partial charge in [-0.15, -0.1) is 0 Å². The van der Waals surface area contributed by atoms with Gasteiger partial charge < -0.3 is 9.80 Å². The summed E-state index contributed by atoms with van der Waals surface area (Å²) in [6.07, 6.45) is 0. The topological polar surface area (TPSA) is 6.48 Å². The first-order valence-electron chi connectivity index (χ1n) is 19.7. The number of hydrogen-bond donors (Lipinski definition) is 0. The van der Waals surface area contributed by atoms with Crippen LogP contribution in [0.3, 0.4) is 0 Å². The van der Waals surface area contributed by atoms with E-state index in [-0.39, 0.29) is 0 Å². The van der Waals surface area contributed by atoms with Gasteiger partial charge in [0.2, 0.25) is 0 Å².